The number of carbonyl (C=O) groups excluding carboxylic acids is 2. The molecule has 3 N–H and O–H groups in total. The van der Waals surface area contributed by atoms with Crippen molar-refractivity contribution in [2.75, 3.05) is 16.0 Å². The Kier molecular flexibility index (Phi) is 8.49. The number of Topliss-reactive ketones (excluding diaryl/α,β-unsaturated/α-hetero) is 1. The molecule has 1 amide bonds. The number of benzene rings is 4. The van der Waals surface area contributed by atoms with E-state index in [4.69, 9.17) is 12.2 Å². The molecular weight excluding hydrogens is 486 g/mol. The van der Waals surface area contributed by atoms with Gasteiger partial charge in [-0.3, -0.25) is 9.59 Å². The highest BCUT2D eigenvalue weighted by molar-refractivity contribution is 8.00. The highest BCUT2D eigenvalue weighted by Crippen LogP contribution is 2.36. The van der Waals surface area contributed by atoms with E-state index in [-0.39, 0.29) is 11.7 Å². The van der Waals surface area contributed by atoms with Crippen molar-refractivity contribution in [2.45, 2.75) is 17.1 Å². The second-order valence-electron chi connectivity index (χ2n) is 8.00. The lowest BCUT2D eigenvalue weighted by Gasteiger charge is -2.18. The van der Waals surface area contributed by atoms with Gasteiger partial charge in [0.15, 0.2) is 10.9 Å². The smallest absolute Gasteiger partial charge is 0.242 e. The fourth-order valence-electron chi connectivity index (χ4n) is 3.46. The van der Waals surface area contributed by atoms with Gasteiger partial charge in [0, 0.05) is 27.5 Å². The van der Waals surface area contributed by atoms with E-state index in [1.54, 1.807) is 24.3 Å². The Morgan fingerprint density at radius 2 is 1.17 bits per heavy atom. The van der Waals surface area contributed by atoms with Crippen molar-refractivity contribution in [1.82, 2.24) is 0 Å². The molecule has 0 aliphatic carbocycles. The maximum Gasteiger partial charge on any atom is 0.242 e. The van der Waals surface area contributed by atoms with Crippen LogP contribution in [-0.2, 0) is 4.79 Å². The molecule has 1 unspecified atom stereocenters. The highest BCUT2D eigenvalue weighted by atomic mass is 32.2. The van der Waals surface area contributed by atoms with Gasteiger partial charge in [0.2, 0.25) is 5.91 Å². The second kappa shape index (κ2) is 12.2. The monoisotopic (exact) mass is 511 g/mol. The molecule has 0 saturated heterocycles. The van der Waals surface area contributed by atoms with Crippen molar-refractivity contribution in [2.24, 2.45) is 0 Å². The minimum absolute atomic E-state index is 0.0138. The average Bonchev–Trinajstić information content (AvgIpc) is 2.89. The zero-order valence-electron chi connectivity index (χ0n) is 19.6. The average molecular weight is 512 g/mol. The Bertz CT molecular complexity index is 1330. The molecule has 36 heavy (non-hydrogen) atoms. The van der Waals surface area contributed by atoms with Crippen LogP contribution >= 0.6 is 24.0 Å². The maximum absolute atomic E-state index is 13.3. The number of hydrogen-bond acceptors (Lipinski definition) is 4. The quantitative estimate of drug-likeness (QED) is 0.132. The molecule has 0 saturated carbocycles. The number of ketones is 1. The van der Waals surface area contributed by atoms with Crippen molar-refractivity contribution in [3.05, 3.63) is 120 Å². The number of rotatable bonds is 8. The van der Waals surface area contributed by atoms with Gasteiger partial charge in [0.1, 0.15) is 5.25 Å². The Balaban J connectivity index is 1.44. The van der Waals surface area contributed by atoms with E-state index in [0.29, 0.717) is 16.4 Å². The summed E-state index contributed by atoms with van der Waals surface area (Å²) in [5.41, 5.74) is 3.91. The summed E-state index contributed by atoms with van der Waals surface area (Å²) < 4.78 is 0. The fourth-order valence-corrected chi connectivity index (χ4v) is 4.72. The van der Waals surface area contributed by atoms with Crippen LogP contribution in [0.3, 0.4) is 0 Å². The van der Waals surface area contributed by atoms with Crippen LogP contribution in [-0.4, -0.2) is 16.8 Å². The summed E-state index contributed by atoms with van der Waals surface area (Å²) in [5, 5.41) is 9.35. The molecule has 0 radical (unpaired) electrons. The van der Waals surface area contributed by atoms with Crippen molar-refractivity contribution in [3.63, 3.8) is 0 Å². The van der Waals surface area contributed by atoms with E-state index in [1.165, 1.54) is 18.7 Å². The number of hydrogen-bond donors (Lipinski definition) is 3. The van der Waals surface area contributed by atoms with E-state index in [0.717, 1.165) is 21.8 Å². The predicted octanol–water partition coefficient (Wildman–Crippen LogP) is 7.17. The van der Waals surface area contributed by atoms with E-state index in [2.05, 4.69) is 16.0 Å². The second-order valence-corrected chi connectivity index (χ2v) is 9.59. The summed E-state index contributed by atoms with van der Waals surface area (Å²) in [6.07, 6.45) is 0. The van der Waals surface area contributed by atoms with Gasteiger partial charge < -0.3 is 16.0 Å². The third-order valence-corrected chi connectivity index (χ3v) is 6.77. The highest BCUT2D eigenvalue weighted by Gasteiger charge is 2.22. The fraction of sp³-hybridized carbons (Fsp3) is 0.0690. The molecular formula is C29H25N3O2S2. The molecule has 4 rings (SSSR count). The molecule has 1 atom stereocenters. The van der Waals surface area contributed by atoms with Crippen LogP contribution in [0.25, 0.3) is 0 Å². The van der Waals surface area contributed by atoms with Crippen LogP contribution in [0.15, 0.2) is 114 Å². The van der Waals surface area contributed by atoms with Gasteiger partial charge in [-0.2, -0.15) is 0 Å². The summed E-state index contributed by atoms with van der Waals surface area (Å²) in [7, 11) is 0. The largest absolute Gasteiger partial charge is 0.332 e. The van der Waals surface area contributed by atoms with Crippen LogP contribution in [0.4, 0.5) is 17.1 Å². The first-order valence-electron chi connectivity index (χ1n) is 11.3. The number of thioether (sulfide) groups is 1. The minimum Gasteiger partial charge on any atom is -0.332 e. The lowest BCUT2D eigenvalue weighted by molar-refractivity contribution is -0.115. The molecule has 180 valence electrons. The van der Waals surface area contributed by atoms with E-state index < -0.39 is 5.25 Å². The van der Waals surface area contributed by atoms with Crippen molar-refractivity contribution >= 4 is 57.8 Å². The predicted molar refractivity (Wildman–Crippen MR) is 153 cm³/mol. The van der Waals surface area contributed by atoms with Gasteiger partial charge in [-0.25, -0.2) is 0 Å². The Labute approximate surface area is 220 Å². The summed E-state index contributed by atoms with van der Waals surface area (Å²) in [5.74, 6) is -0.155. The SMILES string of the molecule is CC(=O)c1ccc(NC(=O)C(Sc2ccc(NC(=S)Nc3ccccc3)cc2)c2ccccc2)cc1. The first kappa shape index (κ1) is 25.2. The van der Waals surface area contributed by atoms with Crippen LogP contribution in [0.1, 0.15) is 28.1 Å². The van der Waals surface area contributed by atoms with Crippen LogP contribution in [0, 0.1) is 0 Å². The zero-order chi connectivity index (χ0) is 25.3. The minimum atomic E-state index is -0.460. The van der Waals surface area contributed by atoms with Crippen molar-refractivity contribution in [3.8, 4) is 0 Å². The number of nitrogens with one attached hydrogen (secondary N) is 3. The van der Waals surface area contributed by atoms with E-state index in [9.17, 15) is 9.59 Å². The van der Waals surface area contributed by atoms with Gasteiger partial charge in [0.25, 0.3) is 0 Å². The van der Waals surface area contributed by atoms with Gasteiger partial charge in [-0.1, -0.05) is 48.5 Å². The third kappa shape index (κ3) is 7.04. The molecule has 0 aliphatic heterocycles. The van der Waals surface area contributed by atoms with Gasteiger partial charge >= 0.3 is 0 Å². The molecule has 0 fully saturated rings. The van der Waals surface area contributed by atoms with Gasteiger partial charge in [-0.15, -0.1) is 11.8 Å². The Morgan fingerprint density at radius 1 is 0.667 bits per heavy atom. The lowest BCUT2D eigenvalue weighted by Crippen LogP contribution is -2.19. The van der Waals surface area contributed by atoms with Crippen molar-refractivity contribution < 1.29 is 9.59 Å². The first-order valence-corrected chi connectivity index (χ1v) is 12.6. The molecule has 4 aromatic carbocycles. The summed E-state index contributed by atoms with van der Waals surface area (Å²) in [6.45, 7) is 1.52. The normalized spacial score (nSPS) is 11.2. The van der Waals surface area contributed by atoms with Gasteiger partial charge in [-0.05, 0) is 85.4 Å². The number of thiocarbonyl (C=S) groups is 1. The van der Waals surface area contributed by atoms with Crippen molar-refractivity contribution in [1.29, 1.82) is 0 Å². The molecule has 4 aromatic rings. The number of anilines is 3. The lowest BCUT2D eigenvalue weighted by atomic mass is 10.1. The first-order chi connectivity index (χ1) is 17.5. The Morgan fingerprint density at radius 3 is 1.75 bits per heavy atom. The third-order valence-electron chi connectivity index (χ3n) is 5.30. The topological polar surface area (TPSA) is 70.2 Å². The summed E-state index contributed by atoms with van der Waals surface area (Å²) in [6, 6.07) is 34.1. The summed E-state index contributed by atoms with van der Waals surface area (Å²) in [4.78, 5) is 25.8. The zero-order valence-corrected chi connectivity index (χ0v) is 21.2. The van der Waals surface area contributed by atoms with Crippen LogP contribution < -0.4 is 16.0 Å². The molecule has 0 aliphatic rings. The number of para-hydroxylation sites is 1. The maximum atomic E-state index is 13.3. The Hall–Kier alpha value is -3.94. The number of amides is 1. The van der Waals surface area contributed by atoms with E-state index in [1.807, 2.05) is 84.9 Å². The molecule has 0 spiro atoms. The van der Waals surface area contributed by atoms with Gasteiger partial charge in [0.05, 0.1) is 0 Å². The number of carbonyl (C=O) groups is 2. The molecule has 7 heteroatoms. The standard InChI is InChI=1S/C29H25N3O2S2/c1-20(33)21-12-14-24(15-13-21)30-28(34)27(22-8-4-2-5-9-22)36-26-18-16-25(17-19-26)32-29(35)31-23-10-6-3-7-11-23/h2-19,27H,1H3,(H,30,34)(H2,31,32,35). The molecule has 0 heterocycles. The molecule has 0 aromatic heterocycles. The van der Waals surface area contributed by atoms with E-state index >= 15 is 0 Å². The van der Waals surface area contributed by atoms with Crippen LogP contribution in [0.5, 0.6) is 0 Å². The summed E-state index contributed by atoms with van der Waals surface area (Å²) >= 11 is 6.87. The van der Waals surface area contributed by atoms with Crippen LogP contribution in [0.2, 0.25) is 0 Å². The molecule has 5 nitrogen and oxygen atoms in total. The molecule has 0 bridgehead atoms.